The second kappa shape index (κ2) is 9.97. The highest BCUT2D eigenvalue weighted by atomic mass is 32.2. The number of nitrogens with zero attached hydrogens (tertiary/aromatic N) is 1. The van der Waals surface area contributed by atoms with E-state index in [1.165, 1.54) is 5.56 Å². The highest BCUT2D eigenvalue weighted by molar-refractivity contribution is 8.00. The van der Waals surface area contributed by atoms with Gasteiger partial charge in [0.25, 0.3) is 0 Å². The van der Waals surface area contributed by atoms with Crippen molar-refractivity contribution in [1.29, 1.82) is 0 Å². The third-order valence-corrected chi connectivity index (χ3v) is 6.39. The maximum absolute atomic E-state index is 12.7. The smallest absolute Gasteiger partial charge is 0.238 e. The molecule has 0 bridgehead atoms. The number of nitrogens with one attached hydrogen (secondary N) is 1. The third-order valence-electron chi connectivity index (χ3n) is 5.17. The predicted molar refractivity (Wildman–Crippen MR) is 122 cm³/mol. The van der Waals surface area contributed by atoms with E-state index < -0.39 is 0 Å². The van der Waals surface area contributed by atoms with E-state index in [0.29, 0.717) is 18.1 Å². The second-order valence-electron chi connectivity index (χ2n) is 7.77. The Morgan fingerprint density at radius 1 is 1.14 bits per heavy atom. The first-order valence-corrected chi connectivity index (χ1v) is 11.5. The van der Waals surface area contributed by atoms with Gasteiger partial charge in [0.1, 0.15) is 5.37 Å². The highest BCUT2D eigenvalue weighted by Gasteiger charge is 2.35. The number of hydrogen-bond donors (Lipinski definition) is 1. The SMILES string of the molecule is CCCCCC(=O)Nc1ccc(C2SCC(=O)N2c2ccccc2C(C)C)cc1. The molecule has 1 heterocycles. The lowest BCUT2D eigenvalue weighted by Crippen LogP contribution is -2.29. The topological polar surface area (TPSA) is 49.4 Å². The third kappa shape index (κ3) is 5.21. The Bertz CT molecular complexity index is 848. The fraction of sp³-hybridized carbons (Fsp3) is 0.417. The summed E-state index contributed by atoms with van der Waals surface area (Å²) in [5, 5.41) is 2.92. The van der Waals surface area contributed by atoms with Gasteiger partial charge in [0.2, 0.25) is 11.8 Å². The summed E-state index contributed by atoms with van der Waals surface area (Å²) in [6.45, 7) is 6.43. The molecule has 1 aliphatic rings. The molecule has 1 saturated heterocycles. The predicted octanol–water partition coefficient (Wildman–Crippen LogP) is 6.11. The molecule has 0 aliphatic carbocycles. The number of amides is 2. The Hall–Kier alpha value is -2.27. The van der Waals surface area contributed by atoms with Crippen LogP contribution in [0.15, 0.2) is 48.5 Å². The first-order valence-electron chi connectivity index (χ1n) is 10.4. The van der Waals surface area contributed by atoms with Gasteiger partial charge in [-0.3, -0.25) is 14.5 Å². The molecule has 29 heavy (non-hydrogen) atoms. The van der Waals surface area contributed by atoms with Crippen LogP contribution >= 0.6 is 11.8 Å². The van der Waals surface area contributed by atoms with Crippen molar-refractivity contribution in [3.05, 3.63) is 59.7 Å². The lowest BCUT2D eigenvalue weighted by molar-refractivity contribution is -0.116. The summed E-state index contributed by atoms with van der Waals surface area (Å²) >= 11 is 1.65. The molecule has 1 aliphatic heterocycles. The zero-order valence-electron chi connectivity index (χ0n) is 17.5. The van der Waals surface area contributed by atoms with Crippen LogP contribution in [0.2, 0.25) is 0 Å². The largest absolute Gasteiger partial charge is 0.326 e. The minimum Gasteiger partial charge on any atom is -0.326 e. The summed E-state index contributed by atoms with van der Waals surface area (Å²) in [5.74, 6) is 1.02. The normalized spacial score (nSPS) is 16.5. The maximum Gasteiger partial charge on any atom is 0.238 e. The van der Waals surface area contributed by atoms with Crippen LogP contribution < -0.4 is 10.2 Å². The Morgan fingerprint density at radius 3 is 2.55 bits per heavy atom. The molecular weight excluding hydrogens is 380 g/mol. The zero-order chi connectivity index (χ0) is 20.8. The molecule has 3 rings (SSSR count). The number of anilines is 2. The lowest BCUT2D eigenvalue weighted by atomic mass is 10.00. The second-order valence-corrected chi connectivity index (χ2v) is 8.84. The van der Waals surface area contributed by atoms with E-state index in [2.05, 4.69) is 32.2 Å². The molecule has 2 aromatic carbocycles. The van der Waals surface area contributed by atoms with Crippen molar-refractivity contribution >= 4 is 35.0 Å². The molecule has 0 radical (unpaired) electrons. The van der Waals surface area contributed by atoms with E-state index in [0.717, 1.165) is 36.2 Å². The van der Waals surface area contributed by atoms with Gasteiger partial charge in [0.15, 0.2) is 0 Å². The number of benzene rings is 2. The molecule has 1 atom stereocenters. The summed E-state index contributed by atoms with van der Waals surface area (Å²) in [4.78, 5) is 26.7. The quantitative estimate of drug-likeness (QED) is 0.534. The van der Waals surface area contributed by atoms with Gasteiger partial charge >= 0.3 is 0 Å². The summed E-state index contributed by atoms with van der Waals surface area (Å²) < 4.78 is 0. The van der Waals surface area contributed by atoms with E-state index in [1.807, 2.05) is 47.4 Å². The van der Waals surface area contributed by atoms with Gasteiger partial charge in [0.05, 0.1) is 5.75 Å². The van der Waals surface area contributed by atoms with E-state index in [4.69, 9.17) is 0 Å². The maximum atomic E-state index is 12.7. The Labute approximate surface area is 178 Å². The van der Waals surface area contributed by atoms with E-state index in [9.17, 15) is 9.59 Å². The van der Waals surface area contributed by atoms with Crippen LogP contribution in [0.4, 0.5) is 11.4 Å². The number of thioether (sulfide) groups is 1. The van der Waals surface area contributed by atoms with Crippen molar-refractivity contribution in [2.45, 2.75) is 57.7 Å². The molecular formula is C24H30N2O2S. The number of hydrogen-bond acceptors (Lipinski definition) is 3. The molecule has 0 aromatic heterocycles. The fourth-order valence-electron chi connectivity index (χ4n) is 3.62. The van der Waals surface area contributed by atoms with Gasteiger partial charge in [-0.05, 0) is 41.7 Å². The van der Waals surface area contributed by atoms with Gasteiger partial charge < -0.3 is 5.32 Å². The summed E-state index contributed by atoms with van der Waals surface area (Å²) in [7, 11) is 0. The van der Waals surface area contributed by atoms with Crippen LogP contribution in [0.1, 0.15) is 68.9 Å². The van der Waals surface area contributed by atoms with Crippen molar-refractivity contribution in [3.8, 4) is 0 Å². The van der Waals surface area contributed by atoms with Gasteiger partial charge in [-0.15, -0.1) is 11.8 Å². The van der Waals surface area contributed by atoms with Crippen LogP contribution in [0.5, 0.6) is 0 Å². The van der Waals surface area contributed by atoms with Crippen molar-refractivity contribution in [2.75, 3.05) is 16.0 Å². The van der Waals surface area contributed by atoms with Crippen LogP contribution in [0.3, 0.4) is 0 Å². The van der Waals surface area contributed by atoms with Crippen LogP contribution in [-0.4, -0.2) is 17.6 Å². The van der Waals surface area contributed by atoms with E-state index in [-0.39, 0.29) is 17.2 Å². The molecule has 154 valence electrons. The zero-order valence-corrected chi connectivity index (χ0v) is 18.3. The molecule has 4 nitrogen and oxygen atoms in total. The first kappa shape index (κ1) is 21.4. The Kier molecular flexibility index (Phi) is 7.37. The lowest BCUT2D eigenvalue weighted by Gasteiger charge is -2.27. The molecule has 5 heteroatoms. The molecule has 1 unspecified atom stereocenters. The minimum absolute atomic E-state index is 0.0447. The number of rotatable bonds is 8. The number of carbonyl (C=O) groups is 2. The molecule has 0 spiro atoms. The van der Waals surface area contributed by atoms with Crippen molar-refractivity contribution in [1.82, 2.24) is 0 Å². The summed E-state index contributed by atoms with van der Waals surface area (Å²) in [6, 6.07) is 16.1. The van der Waals surface area contributed by atoms with Crippen molar-refractivity contribution < 1.29 is 9.59 Å². The van der Waals surface area contributed by atoms with Gasteiger partial charge in [0, 0.05) is 17.8 Å². The van der Waals surface area contributed by atoms with Crippen molar-refractivity contribution in [2.24, 2.45) is 0 Å². The van der Waals surface area contributed by atoms with E-state index >= 15 is 0 Å². The average Bonchev–Trinajstić information content (AvgIpc) is 3.10. The first-order chi connectivity index (χ1) is 14.0. The number of unbranched alkanes of at least 4 members (excludes halogenated alkanes) is 2. The molecule has 1 N–H and O–H groups in total. The monoisotopic (exact) mass is 410 g/mol. The highest BCUT2D eigenvalue weighted by Crippen LogP contribution is 2.44. The standard InChI is InChI=1S/C24H30N2O2S/c1-4-5-6-11-22(27)25-19-14-12-18(13-15-19)24-26(23(28)16-29-24)21-10-8-7-9-20(21)17(2)3/h7-10,12-15,17,24H,4-6,11,16H2,1-3H3,(H,25,27). The minimum atomic E-state index is -0.0447. The van der Waals surface area contributed by atoms with Crippen LogP contribution in [-0.2, 0) is 9.59 Å². The number of para-hydroxylation sites is 1. The molecule has 2 aromatic rings. The summed E-state index contributed by atoms with van der Waals surface area (Å²) in [6.07, 6.45) is 3.66. The van der Waals surface area contributed by atoms with Gasteiger partial charge in [-0.25, -0.2) is 0 Å². The number of carbonyl (C=O) groups excluding carboxylic acids is 2. The molecule has 1 fully saturated rings. The van der Waals surface area contributed by atoms with Gasteiger partial charge in [-0.1, -0.05) is 63.9 Å². The Morgan fingerprint density at radius 2 is 1.86 bits per heavy atom. The average molecular weight is 411 g/mol. The summed E-state index contributed by atoms with van der Waals surface area (Å²) in [5.41, 5.74) is 4.06. The Balaban J connectivity index is 1.76. The molecule has 2 amide bonds. The van der Waals surface area contributed by atoms with Crippen LogP contribution in [0, 0.1) is 0 Å². The fourth-order valence-corrected chi connectivity index (χ4v) is 4.79. The van der Waals surface area contributed by atoms with Gasteiger partial charge in [-0.2, -0.15) is 0 Å². The van der Waals surface area contributed by atoms with Crippen LogP contribution in [0.25, 0.3) is 0 Å². The molecule has 0 saturated carbocycles. The van der Waals surface area contributed by atoms with E-state index in [1.54, 1.807) is 11.8 Å². The van der Waals surface area contributed by atoms with Crippen molar-refractivity contribution in [3.63, 3.8) is 0 Å².